The van der Waals surface area contributed by atoms with E-state index in [2.05, 4.69) is 35.8 Å². The molecular weight excluding hydrogens is 362 g/mol. The monoisotopic (exact) mass is 386 g/mol. The maximum Gasteiger partial charge on any atom is 0.189 e. The molecule has 4 nitrogen and oxygen atoms in total. The van der Waals surface area contributed by atoms with Gasteiger partial charge in [-0.1, -0.05) is 29.8 Å². The van der Waals surface area contributed by atoms with Crippen molar-refractivity contribution in [3.05, 3.63) is 94.3 Å². The van der Waals surface area contributed by atoms with Crippen molar-refractivity contribution >= 4 is 11.9 Å². The van der Waals surface area contributed by atoms with E-state index in [-0.39, 0.29) is 5.78 Å². The summed E-state index contributed by atoms with van der Waals surface area (Å²) in [6.07, 6.45) is 6.67. The number of rotatable bonds is 5. The SMILES string of the molecule is COc1cc2c(cc1OC)C(=O)C(=Cc1cc[n+](Cc3ccc(C)cc3)cc1)C2. The number of aryl methyl sites for hydroxylation is 1. The number of methoxy groups -OCH3 is 2. The minimum atomic E-state index is 0.0531. The van der Waals surface area contributed by atoms with Gasteiger partial charge in [-0.25, -0.2) is 4.57 Å². The maximum atomic E-state index is 12.8. The first-order chi connectivity index (χ1) is 14.1. The highest BCUT2D eigenvalue weighted by molar-refractivity contribution is 6.15. The second-order valence-corrected chi connectivity index (χ2v) is 7.33. The predicted molar refractivity (Wildman–Crippen MR) is 112 cm³/mol. The topological polar surface area (TPSA) is 39.4 Å². The number of pyridine rings is 1. The lowest BCUT2D eigenvalue weighted by Crippen LogP contribution is -2.33. The highest BCUT2D eigenvalue weighted by Gasteiger charge is 2.27. The van der Waals surface area contributed by atoms with Crippen LogP contribution in [0.5, 0.6) is 11.5 Å². The molecule has 1 aliphatic carbocycles. The standard InChI is InChI=1S/C25H24NO3/c1-17-4-6-19(7-5-17)16-26-10-8-18(9-11-26)12-21-13-20-14-23(28-2)24(29-3)15-22(20)25(21)27/h4-12,14-15H,13,16H2,1-3H3/q+1. The Balaban J connectivity index is 1.53. The van der Waals surface area contributed by atoms with E-state index in [0.717, 1.165) is 23.2 Å². The van der Waals surface area contributed by atoms with Crippen LogP contribution >= 0.6 is 0 Å². The van der Waals surface area contributed by atoms with Gasteiger partial charge in [0.05, 0.1) is 14.2 Å². The summed E-state index contributed by atoms with van der Waals surface area (Å²) in [6, 6.07) is 16.3. The van der Waals surface area contributed by atoms with Crippen molar-refractivity contribution < 1.29 is 18.8 Å². The highest BCUT2D eigenvalue weighted by Crippen LogP contribution is 2.36. The number of aromatic nitrogens is 1. The van der Waals surface area contributed by atoms with Crippen LogP contribution < -0.4 is 14.0 Å². The van der Waals surface area contributed by atoms with Crippen LogP contribution in [0.15, 0.2) is 66.5 Å². The van der Waals surface area contributed by atoms with Crippen LogP contribution in [0.2, 0.25) is 0 Å². The van der Waals surface area contributed by atoms with E-state index in [1.165, 1.54) is 11.1 Å². The van der Waals surface area contributed by atoms with Gasteiger partial charge in [-0.05, 0) is 36.3 Å². The fraction of sp³-hybridized carbons (Fsp3) is 0.200. The first kappa shape index (κ1) is 18.9. The van der Waals surface area contributed by atoms with E-state index in [1.807, 2.05) is 36.7 Å². The molecule has 0 radical (unpaired) electrons. The van der Waals surface area contributed by atoms with E-state index in [0.29, 0.717) is 23.5 Å². The molecule has 0 bridgehead atoms. The third-order valence-electron chi connectivity index (χ3n) is 5.27. The molecule has 1 heterocycles. The quantitative estimate of drug-likeness (QED) is 0.488. The number of nitrogens with zero attached hydrogens (tertiary/aromatic N) is 1. The van der Waals surface area contributed by atoms with E-state index < -0.39 is 0 Å². The van der Waals surface area contributed by atoms with Crippen LogP contribution in [0.25, 0.3) is 6.08 Å². The molecule has 0 amide bonds. The third-order valence-corrected chi connectivity index (χ3v) is 5.27. The Kier molecular flexibility index (Phi) is 5.17. The van der Waals surface area contributed by atoms with Crippen molar-refractivity contribution in [2.75, 3.05) is 14.2 Å². The highest BCUT2D eigenvalue weighted by atomic mass is 16.5. The molecule has 0 unspecified atom stereocenters. The van der Waals surface area contributed by atoms with E-state index in [1.54, 1.807) is 20.3 Å². The lowest BCUT2D eigenvalue weighted by atomic mass is 10.1. The minimum Gasteiger partial charge on any atom is -0.493 e. The molecule has 1 aliphatic rings. The number of hydrogen-bond acceptors (Lipinski definition) is 3. The lowest BCUT2D eigenvalue weighted by Gasteiger charge is -2.08. The smallest absolute Gasteiger partial charge is 0.189 e. The van der Waals surface area contributed by atoms with Gasteiger partial charge in [0.25, 0.3) is 0 Å². The average molecular weight is 386 g/mol. The minimum absolute atomic E-state index is 0.0531. The second kappa shape index (κ2) is 7.92. The number of ketones is 1. The molecule has 3 aromatic rings. The predicted octanol–water partition coefficient (Wildman–Crippen LogP) is 4.17. The summed E-state index contributed by atoms with van der Waals surface area (Å²) < 4.78 is 12.8. The Bertz CT molecular complexity index is 1080. The van der Waals surface area contributed by atoms with Gasteiger partial charge in [0.2, 0.25) is 0 Å². The molecule has 4 rings (SSSR count). The molecule has 1 aromatic heterocycles. The summed E-state index contributed by atoms with van der Waals surface area (Å²) in [6.45, 7) is 2.91. The second-order valence-electron chi connectivity index (χ2n) is 7.33. The van der Waals surface area contributed by atoms with Crippen molar-refractivity contribution in [2.24, 2.45) is 0 Å². The van der Waals surface area contributed by atoms with E-state index >= 15 is 0 Å². The molecule has 29 heavy (non-hydrogen) atoms. The molecule has 0 atom stereocenters. The zero-order valence-electron chi connectivity index (χ0n) is 16.9. The average Bonchev–Trinajstić information content (AvgIpc) is 3.04. The zero-order valence-corrected chi connectivity index (χ0v) is 16.9. The van der Waals surface area contributed by atoms with Gasteiger partial charge >= 0.3 is 0 Å². The molecular formula is C25H24NO3+. The van der Waals surface area contributed by atoms with Crippen LogP contribution in [0.1, 0.15) is 32.6 Å². The molecule has 0 saturated heterocycles. The summed E-state index contributed by atoms with van der Waals surface area (Å²) in [5.41, 5.74) is 5.99. The van der Waals surface area contributed by atoms with Gasteiger partial charge in [0, 0.05) is 35.3 Å². The van der Waals surface area contributed by atoms with Crippen LogP contribution in [-0.2, 0) is 13.0 Å². The Hall–Kier alpha value is -3.40. The molecule has 0 fully saturated rings. The van der Waals surface area contributed by atoms with Crippen LogP contribution in [0, 0.1) is 6.92 Å². The Morgan fingerprint density at radius 2 is 1.62 bits per heavy atom. The molecule has 0 saturated carbocycles. The van der Waals surface area contributed by atoms with Gasteiger partial charge in [0.15, 0.2) is 36.2 Å². The van der Waals surface area contributed by atoms with Gasteiger partial charge in [-0.2, -0.15) is 0 Å². The Labute approximate surface area is 171 Å². The van der Waals surface area contributed by atoms with Gasteiger partial charge < -0.3 is 9.47 Å². The van der Waals surface area contributed by atoms with Crippen LogP contribution in [-0.4, -0.2) is 20.0 Å². The molecule has 0 aliphatic heterocycles. The van der Waals surface area contributed by atoms with Crippen molar-refractivity contribution in [2.45, 2.75) is 19.9 Å². The summed E-state index contributed by atoms with van der Waals surface area (Å²) in [4.78, 5) is 12.8. The first-order valence-corrected chi connectivity index (χ1v) is 9.62. The lowest BCUT2D eigenvalue weighted by molar-refractivity contribution is -0.688. The van der Waals surface area contributed by atoms with E-state index in [4.69, 9.17) is 9.47 Å². The zero-order chi connectivity index (χ0) is 20.4. The molecule has 2 aromatic carbocycles. The van der Waals surface area contributed by atoms with Gasteiger partial charge in [-0.3, -0.25) is 4.79 Å². The number of benzene rings is 2. The number of hydrogen-bond donors (Lipinski definition) is 0. The van der Waals surface area contributed by atoms with Crippen molar-refractivity contribution in [1.29, 1.82) is 0 Å². The number of ether oxygens (including phenoxy) is 2. The number of allylic oxidation sites excluding steroid dienone is 1. The van der Waals surface area contributed by atoms with Crippen molar-refractivity contribution in [3.63, 3.8) is 0 Å². The largest absolute Gasteiger partial charge is 0.493 e. The van der Waals surface area contributed by atoms with Crippen LogP contribution in [0.4, 0.5) is 0 Å². The normalized spacial score (nSPS) is 14.2. The van der Waals surface area contributed by atoms with Crippen molar-refractivity contribution in [3.8, 4) is 11.5 Å². The Morgan fingerprint density at radius 3 is 2.28 bits per heavy atom. The fourth-order valence-electron chi connectivity index (χ4n) is 3.63. The summed E-state index contributed by atoms with van der Waals surface area (Å²) in [7, 11) is 3.18. The third kappa shape index (κ3) is 3.92. The van der Waals surface area contributed by atoms with Crippen LogP contribution in [0.3, 0.4) is 0 Å². The number of carbonyl (C=O) groups excluding carboxylic acids is 1. The molecule has 0 spiro atoms. The summed E-state index contributed by atoms with van der Waals surface area (Å²) >= 11 is 0. The summed E-state index contributed by atoms with van der Waals surface area (Å²) in [5, 5.41) is 0. The van der Waals surface area contributed by atoms with Crippen molar-refractivity contribution in [1.82, 2.24) is 0 Å². The number of carbonyl (C=O) groups is 1. The summed E-state index contributed by atoms with van der Waals surface area (Å²) in [5.74, 6) is 1.28. The number of fused-ring (bicyclic) bond motifs is 1. The first-order valence-electron chi connectivity index (χ1n) is 9.62. The molecule has 4 heteroatoms. The Morgan fingerprint density at radius 1 is 0.966 bits per heavy atom. The van der Waals surface area contributed by atoms with E-state index in [9.17, 15) is 4.79 Å². The molecule has 0 N–H and O–H groups in total. The number of Topliss-reactive ketones (excluding diaryl/α,β-unsaturated/α-hetero) is 1. The van der Waals surface area contributed by atoms with Gasteiger partial charge in [-0.15, -0.1) is 0 Å². The maximum absolute atomic E-state index is 12.8. The molecule has 146 valence electrons. The fourth-order valence-corrected chi connectivity index (χ4v) is 3.63. The van der Waals surface area contributed by atoms with Gasteiger partial charge in [0.1, 0.15) is 0 Å².